The second kappa shape index (κ2) is 7.44. The third kappa shape index (κ3) is 3.36. The maximum Gasteiger partial charge on any atom is 0.276 e. The molecular formula is C21H22N4O3. The maximum absolute atomic E-state index is 13.0. The number of aryl methyl sites for hydroxylation is 2. The van der Waals surface area contributed by atoms with E-state index in [1.165, 1.54) is 4.68 Å². The van der Waals surface area contributed by atoms with Crippen molar-refractivity contribution in [1.29, 1.82) is 0 Å². The number of benzene rings is 2. The number of ether oxygens (including phenoxy) is 1. The number of morpholine rings is 1. The minimum atomic E-state index is -0.264. The predicted molar refractivity (Wildman–Crippen MR) is 107 cm³/mol. The second-order valence-electron chi connectivity index (χ2n) is 6.90. The minimum absolute atomic E-state index is 0.201. The number of amides is 2. The van der Waals surface area contributed by atoms with Gasteiger partial charge < -0.3 is 15.0 Å². The number of aromatic nitrogens is 2. The summed E-state index contributed by atoms with van der Waals surface area (Å²) in [6, 6.07) is 11.5. The summed E-state index contributed by atoms with van der Waals surface area (Å²) < 4.78 is 6.84. The van der Waals surface area contributed by atoms with Crippen LogP contribution in [0.25, 0.3) is 10.8 Å². The van der Waals surface area contributed by atoms with Crippen molar-refractivity contribution in [2.24, 2.45) is 7.05 Å². The molecule has 2 amide bonds. The number of carbonyl (C=O) groups is 2. The van der Waals surface area contributed by atoms with E-state index in [0.29, 0.717) is 37.6 Å². The summed E-state index contributed by atoms with van der Waals surface area (Å²) >= 11 is 0. The van der Waals surface area contributed by atoms with Gasteiger partial charge in [0.15, 0.2) is 5.69 Å². The molecule has 28 heavy (non-hydrogen) atoms. The van der Waals surface area contributed by atoms with Gasteiger partial charge in [0.2, 0.25) is 0 Å². The number of hydrogen-bond acceptors (Lipinski definition) is 4. The molecule has 1 aromatic heterocycles. The number of hydrogen-bond donors (Lipinski definition) is 1. The van der Waals surface area contributed by atoms with E-state index in [9.17, 15) is 9.59 Å². The molecule has 1 fully saturated rings. The van der Waals surface area contributed by atoms with Crippen molar-refractivity contribution in [3.8, 4) is 0 Å². The highest BCUT2D eigenvalue weighted by molar-refractivity contribution is 6.15. The lowest BCUT2D eigenvalue weighted by atomic mass is 10.00. The van der Waals surface area contributed by atoms with E-state index < -0.39 is 0 Å². The van der Waals surface area contributed by atoms with Crippen LogP contribution in [0, 0.1) is 6.92 Å². The van der Waals surface area contributed by atoms with E-state index in [1.54, 1.807) is 18.1 Å². The Morgan fingerprint density at radius 2 is 1.79 bits per heavy atom. The first-order chi connectivity index (χ1) is 13.5. The molecule has 4 rings (SSSR count). The van der Waals surface area contributed by atoms with Crippen molar-refractivity contribution >= 4 is 28.3 Å². The smallest absolute Gasteiger partial charge is 0.276 e. The fourth-order valence-corrected chi connectivity index (χ4v) is 3.49. The first-order valence-corrected chi connectivity index (χ1v) is 9.25. The summed E-state index contributed by atoms with van der Waals surface area (Å²) in [5, 5.41) is 9.07. The number of fused-ring (bicyclic) bond motifs is 1. The normalized spacial score (nSPS) is 14.3. The third-order valence-electron chi connectivity index (χ3n) is 4.96. The van der Waals surface area contributed by atoms with Gasteiger partial charge in [-0.3, -0.25) is 14.3 Å². The fourth-order valence-electron chi connectivity index (χ4n) is 3.49. The molecule has 1 aliphatic heterocycles. The van der Waals surface area contributed by atoms with Gasteiger partial charge in [-0.25, -0.2) is 0 Å². The summed E-state index contributed by atoms with van der Waals surface area (Å²) in [7, 11) is 1.73. The van der Waals surface area contributed by atoms with Gasteiger partial charge in [0.1, 0.15) is 0 Å². The molecule has 0 aliphatic carbocycles. The molecule has 0 saturated carbocycles. The molecule has 3 aromatic rings. The van der Waals surface area contributed by atoms with Crippen LogP contribution in [0.1, 0.15) is 26.4 Å². The summed E-state index contributed by atoms with van der Waals surface area (Å²) in [6.07, 6.45) is 1.65. The van der Waals surface area contributed by atoms with Crippen LogP contribution in [0.15, 0.2) is 42.6 Å². The van der Waals surface area contributed by atoms with Gasteiger partial charge >= 0.3 is 0 Å². The molecule has 0 spiro atoms. The van der Waals surface area contributed by atoms with Gasteiger partial charge in [-0.15, -0.1) is 0 Å². The first-order valence-electron chi connectivity index (χ1n) is 9.25. The van der Waals surface area contributed by atoms with Gasteiger partial charge in [-0.2, -0.15) is 5.10 Å². The van der Waals surface area contributed by atoms with E-state index in [2.05, 4.69) is 10.4 Å². The van der Waals surface area contributed by atoms with E-state index in [0.717, 1.165) is 16.3 Å². The van der Waals surface area contributed by atoms with Crippen molar-refractivity contribution in [2.75, 3.05) is 31.6 Å². The number of nitrogens with one attached hydrogen (secondary N) is 1. The molecule has 1 aliphatic rings. The Kier molecular flexibility index (Phi) is 4.83. The van der Waals surface area contributed by atoms with Crippen LogP contribution >= 0.6 is 0 Å². The zero-order chi connectivity index (χ0) is 19.7. The molecule has 7 nitrogen and oxygen atoms in total. The van der Waals surface area contributed by atoms with Gasteiger partial charge in [-0.1, -0.05) is 30.3 Å². The third-order valence-corrected chi connectivity index (χ3v) is 4.96. The van der Waals surface area contributed by atoms with Gasteiger partial charge in [0.25, 0.3) is 11.8 Å². The van der Waals surface area contributed by atoms with Gasteiger partial charge in [0, 0.05) is 31.9 Å². The molecule has 144 valence electrons. The Bertz CT molecular complexity index is 1050. The molecule has 0 atom stereocenters. The van der Waals surface area contributed by atoms with Crippen LogP contribution in [0.5, 0.6) is 0 Å². The molecule has 7 heteroatoms. The summed E-state index contributed by atoms with van der Waals surface area (Å²) in [4.78, 5) is 27.6. The molecule has 1 saturated heterocycles. The molecule has 2 aromatic carbocycles. The highest BCUT2D eigenvalue weighted by Gasteiger charge is 2.25. The largest absolute Gasteiger partial charge is 0.378 e. The van der Waals surface area contributed by atoms with E-state index in [-0.39, 0.29) is 17.5 Å². The van der Waals surface area contributed by atoms with Crippen LogP contribution in [-0.4, -0.2) is 52.8 Å². The van der Waals surface area contributed by atoms with E-state index >= 15 is 0 Å². The fraction of sp³-hybridized carbons (Fsp3) is 0.286. The van der Waals surface area contributed by atoms with Crippen LogP contribution in [-0.2, 0) is 11.8 Å². The quantitative estimate of drug-likeness (QED) is 0.760. The van der Waals surface area contributed by atoms with Gasteiger partial charge in [0.05, 0.1) is 18.9 Å². The minimum Gasteiger partial charge on any atom is -0.378 e. The maximum atomic E-state index is 13.0. The molecule has 0 bridgehead atoms. The average molecular weight is 378 g/mol. The predicted octanol–water partition coefficient (Wildman–Crippen LogP) is 2.61. The zero-order valence-corrected chi connectivity index (χ0v) is 15.9. The Morgan fingerprint density at radius 3 is 2.54 bits per heavy atom. The molecular weight excluding hydrogens is 356 g/mol. The average Bonchev–Trinajstić information content (AvgIpc) is 3.08. The van der Waals surface area contributed by atoms with Crippen LogP contribution in [0.2, 0.25) is 0 Å². The van der Waals surface area contributed by atoms with E-state index in [4.69, 9.17) is 4.74 Å². The molecule has 2 heterocycles. The van der Waals surface area contributed by atoms with Crippen molar-refractivity contribution in [3.05, 3.63) is 59.4 Å². The van der Waals surface area contributed by atoms with Crippen molar-refractivity contribution < 1.29 is 14.3 Å². The van der Waals surface area contributed by atoms with Crippen molar-refractivity contribution in [3.63, 3.8) is 0 Å². The number of carbonyl (C=O) groups excluding carboxylic acids is 2. The van der Waals surface area contributed by atoms with Gasteiger partial charge in [-0.05, 0) is 29.3 Å². The lowest BCUT2D eigenvalue weighted by Crippen LogP contribution is -2.41. The summed E-state index contributed by atoms with van der Waals surface area (Å²) in [6.45, 7) is 4.08. The molecule has 0 radical (unpaired) electrons. The van der Waals surface area contributed by atoms with Crippen molar-refractivity contribution in [2.45, 2.75) is 6.92 Å². The first kappa shape index (κ1) is 18.2. The van der Waals surface area contributed by atoms with Crippen molar-refractivity contribution in [1.82, 2.24) is 14.7 Å². The Balaban J connectivity index is 1.64. The van der Waals surface area contributed by atoms with Crippen LogP contribution in [0.4, 0.5) is 5.69 Å². The second-order valence-corrected chi connectivity index (χ2v) is 6.90. The Hall–Kier alpha value is -3.19. The number of rotatable bonds is 3. The SMILES string of the molecule is Cc1ccc(C(=O)Nc2cn(C)nc2C(=O)N2CCOCC2)c2ccccc12. The molecule has 1 N–H and O–H groups in total. The van der Waals surface area contributed by atoms with E-state index in [1.807, 2.05) is 43.3 Å². The monoisotopic (exact) mass is 378 g/mol. The highest BCUT2D eigenvalue weighted by atomic mass is 16.5. The lowest BCUT2D eigenvalue weighted by molar-refractivity contribution is 0.0299. The topological polar surface area (TPSA) is 76.5 Å². The number of nitrogens with zero attached hydrogens (tertiary/aromatic N) is 3. The lowest BCUT2D eigenvalue weighted by Gasteiger charge is -2.26. The Morgan fingerprint density at radius 1 is 1.07 bits per heavy atom. The summed E-state index contributed by atoms with van der Waals surface area (Å²) in [5.74, 6) is -0.465. The highest BCUT2D eigenvalue weighted by Crippen LogP contribution is 2.24. The number of anilines is 1. The zero-order valence-electron chi connectivity index (χ0n) is 15.9. The standard InChI is InChI=1S/C21H22N4O3/c1-14-7-8-17(16-6-4-3-5-15(14)16)20(26)22-18-13-24(2)23-19(18)21(27)25-9-11-28-12-10-25/h3-8,13H,9-12H2,1-2H3,(H,22,26). The van der Waals surface area contributed by atoms with Crippen LogP contribution in [0.3, 0.4) is 0 Å². The Labute approximate surface area is 162 Å². The summed E-state index contributed by atoms with van der Waals surface area (Å²) in [5.41, 5.74) is 2.33. The molecule has 0 unspecified atom stereocenters. The van der Waals surface area contributed by atoms with Crippen LogP contribution < -0.4 is 5.32 Å².